The summed E-state index contributed by atoms with van der Waals surface area (Å²) in [6, 6.07) is -1.22. The van der Waals surface area contributed by atoms with E-state index >= 15 is 0 Å². The molecule has 0 saturated carbocycles. The van der Waals surface area contributed by atoms with Crippen LogP contribution in [0.3, 0.4) is 0 Å². The Morgan fingerprint density at radius 1 is 0.574 bits per heavy atom. The molecule has 1 fully saturated rings. The van der Waals surface area contributed by atoms with Gasteiger partial charge in [-0.05, 0) is 12.8 Å². The minimum Gasteiger partial charge on any atom is -0.481 e. The zero-order valence-electron chi connectivity index (χ0n) is 34.1. The number of carbonyl (C=O) groups excluding carboxylic acids is 3. The van der Waals surface area contributed by atoms with Crippen molar-refractivity contribution < 1.29 is 44.3 Å². The number of nitrogens with zero attached hydrogens (tertiary/aromatic N) is 1. The second-order valence-corrected chi connectivity index (χ2v) is 15.5. The van der Waals surface area contributed by atoms with Crippen molar-refractivity contribution in [3.8, 4) is 0 Å². The molecule has 316 valence electrons. The Kier molecular flexibility index (Phi) is 30.3. The van der Waals surface area contributed by atoms with Crippen molar-refractivity contribution in [2.75, 3.05) is 19.7 Å². The summed E-state index contributed by atoms with van der Waals surface area (Å²) in [6.07, 6.45) is 23.7. The molecular formula is C42H79N3O9. The Labute approximate surface area is 326 Å². The molecule has 54 heavy (non-hydrogen) atoms. The van der Waals surface area contributed by atoms with Crippen LogP contribution in [0.25, 0.3) is 0 Å². The molecule has 0 bridgehead atoms. The van der Waals surface area contributed by atoms with Gasteiger partial charge >= 0.3 is 5.97 Å². The normalized spacial score (nSPS) is 19.8. The number of hydrogen-bond acceptors (Lipinski definition) is 8. The topological polar surface area (TPSA) is 186 Å². The van der Waals surface area contributed by atoms with E-state index in [1.807, 2.05) is 0 Å². The lowest BCUT2D eigenvalue weighted by Crippen LogP contribution is -2.69. The van der Waals surface area contributed by atoms with Gasteiger partial charge in [-0.3, -0.25) is 19.2 Å². The molecule has 1 saturated heterocycles. The van der Waals surface area contributed by atoms with Crippen LogP contribution in [0.1, 0.15) is 194 Å². The van der Waals surface area contributed by atoms with Crippen LogP contribution in [-0.2, 0) is 23.9 Å². The fourth-order valence-electron chi connectivity index (χ4n) is 7.20. The average Bonchev–Trinajstić information content (AvgIpc) is 3.15. The van der Waals surface area contributed by atoms with Crippen molar-refractivity contribution in [2.45, 2.75) is 224 Å². The quantitative estimate of drug-likeness (QED) is 0.0373. The fraction of sp³-hybridized carbons (Fsp3) is 0.905. The summed E-state index contributed by atoms with van der Waals surface area (Å²) < 4.78 is 6.05. The highest BCUT2D eigenvalue weighted by molar-refractivity contribution is 5.86. The van der Waals surface area contributed by atoms with E-state index in [1.165, 1.54) is 109 Å². The summed E-state index contributed by atoms with van der Waals surface area (Å²) in [6.45, 7) is 3.71. The van der Waals surface area contributed by atoms with E-state index in [-0.39, 0.29) is 25.2 Å². The highest BCUT2D eigenvalue weighted by Gasteiger charge is 2.48. The summed E-state index contributed by atoms with van der Waals surface area (Å²) in [5, 5.41) is 45.6. The second kappa shape index (κ2) is 32.9. The van der Waals surface area contributed by atoms with Crippen LogP contribution < -0.4 is 10.6 Å². The van der Waals surface area contributed by atoms with E-state index < -0.39 is 61.5 Å². The zero-order valence-corrected chi connectivity index (χ0v) is 34.1. The van der Waals surface area contributed by atoms with Gasteiger partial charge in [0.15, 0.2) is 6.23 Å². The van der Waals surface area contributed by atoms with Crippen LogP contribution in [0.2, 0.25) is 0 Å². The van der Waals surface area contributed by atoms with Gasteiger partial charge < -0.3 is 40.7 Å². The number of carboxylic acid groups (broad SMARTS) is 1. The number of ether oxygens (including phenoxy) is 1. The van der Waals surface area contributed by atoms with Crippen LogP contribution in [0.4, 0.5) is 0 Å². The molecule has 1 aliphatic heterocycles. The van der Waals surface area contributed by atoms with Crippen LogP contribution in [0.15, 0.2) is 0 Å². The van der Waals surface area contributed by atoms with E-state index in [0.717, 1.165) is 38.5 Å². The Bertz CT molecular complexity index is 985. The first-order chi connectivity index (χ1) is 26.2. The zero-order chi connectivity index (χ0) is 39.8. The minimum absolute atomic E-state index is 0.176. The van der Waals surface area contributed by atoms with Gasteiger partial charge in [-0.1, -0.05) is 162 Å². The Hall–Kier alpha value is -2.28. The fourth-order valence-corrected chi connectivity index (χ4v) is 7.20. The van der Waals surface area contributed by atoms with E-state index in [2.05, 4.69) is 24.5 Å². The summed E-state index contributed by atoms with van der Waals surface area (Å²) in [4.78, 5) is 51.1. The van der Waals surface area contributed by atoms with Crippen LogP contribution >= 0.6 is 0 Å². The van der Waals surface area contributed by atoms with Crippen molar-refractivity contribution in [3.63, 3.8) is 0 Å². The highest BCUT2D eigenvalue weighted by atomic mass is 16.5. The monoisotopic (exact) mass is 770 g/mol. The maximum Gasteiger partial charge on any atom is 0.303 e. The number of hydrogen-bond donors (Lipinski definition) is 6. The van der Waals surface area contributed by atoms with Crippen LogP contribution in [0, 0.1) is 0 Å². The predicted octanol–water partition coefficient (Wildman–Crippen LogP) is 6.90. The number of carbonyl (C=O) groups is 4. The maximum absolute atomic E-state index is 13.8. The molecular weight excluding hydrogens is 690 g/mol. The minimum atomic E-state index is -1.55. The largest absolute Gasteiger partial charge is 0.481 e. The summed E-state index contributed by atoms with van der Waals surface area (Å²) in [7, 11) is 0. The third kappa shape index (κ3) is 23.6. The van der Waals surface area contributed by atoms with Crippen LogP contribution in [-0.4, -0.2) is 99.3 Å². The number of carboxylic acids is 1. The Morgan fingerprint density at radius 3 is 1.46 bits per heavy atom. The van der Waals surface area contributed by atoms with Gasteiger partial charge in [0, 0.05) is 19.4 Å². The lowest BCUT2D eigenvalue weighted by atomic mass is 9.94. The van der Waals surface area contributed by atoms with E-state index in [0.29, 0.717) is 19.4 Å². The molecule has 0 unspecified atom stereocenters. The predicted molar refractivity (Wildman–Crippen MR) is 213 cm³/mol. The van der Waals surface area contributed by atoms with Crippen molar-refractivity contribution in [1.29, 1.82) is 0 Å². The van der Waals surface area contributed by atoms with Gasteiger partial charge in [0.2, 0.25) is 17.7 Å². The van der Waals surface area contributed by atoms with Gasteiger partial charge in [-0.15, -0.1) is 0 Å². The van der Waals surface area contributed by atoms with Gasteiger partial charge in [-0.2, -0.15) is 0 Å². The first-order valence-electron chi connectivity index (χ1n) is 21.9. The number of aliphatic hydroxyl groups is 3. The molecule has 3 amide bonds. The van der Waals surface area contributed by atoms with E-state index in [1.54, 1.807) is 4.90 Å². The molecule has 5 atom stereocenters. The number of aliphatic carboxylic acids is 1. The number of amides is 3. The molecule has 12 heteroatoms. The lowest BCUT2D eigenvalue weighted by Gasteiger charge is -2.47. The van der Waals surface area contributed by atoms with Gasteiger partial charge in [0.25, 0.3) is 0 Å². The molecule has 1 heterocycles. The molecule has 0 radical (unpaired) electrons. The van der Waals surface area contributed by atoms with E-state index in [9.17, 15) is 34.5 Å². The molecule has 0 aromatic carbocycles. The molecule has 0 aliphatic carbocycles. The standard InChI is InChI=1S/C42H79N3O9/c1-3-5-7-9-11-13-14-15-16-17-18-19-21-23-25-27-31-45(37(49)28-26-24-22-20-12-10-8-6-4-2)42-39(41(53)40(52)34(33-46)54-42)44-36(48)32-43-35(47)29-30-38(50)51/h34,39-42,46,52-53H,3-33H2,1-2H3,(H,43,47)(H,44,48)(H,50,51)/t34-,39+,40-,41-,42-/m1/s1. The molecule has 1 aliphatic rings. The Morgan fingerprint density at radius 2 is 1.02 bits per heavy atom. The third-order valence-electron chi connectivity index (χ3n) is 10.6. The number of aliphatic hydroxyl groups excluding tert-OH is 3. The smallest absolute Gasteiger partial charge is 0.303 e. The first-order valence-corrected chi connectivity index (χ1v) is 21.9. The first kappa shape index (κ1) is 49.7. The van der Waals surface area contributed by atoms with E-state index in [4.69, 9.17) is 9.84 Å². The number of nitrogens with one attached hydrogen (secondary N) is 2. The van der Waals surface area contributed by atoms with Crippen LogP contribution in [0.5, 0.6) is 0 Å². The summed E-state index contributed by atoms with van der Waals surface area (Å²) >= 11 is 0. The van der Waals surface area contributed by atoms with Crippen molar-refractivity contribution in [3.05, 3.63) is 0 Å². The summed E-state index contributed by atoms with van der Waals surface area (Å²) in [5.41, 5.74) is 0. The molecule has 12 nitrogen and oxygen atoms in total. The Balaban J connectivity index is 2.74. The van der Waals surface area contributed by atoms with Crippen molar-refractivity contribution in [1.82, 2.24) is 15.5 Å². The van der Waals surface area contributed by atoms with Crippen molar-refractivity contribution >= 4 is 23.7 Å². The second-order valence-electron chi connectivity index (χ2n) is 15.5. The van der Waals surface area contributed by atoms with Crippen molar-refractivity contribution in [2.24, 2.45) is 0 Å². The molecule has 6 N–H and O–H groups in total. The summed E-state index contributed by atoms with van der Waals surface area (Å²) in [5.74, 6) is -2.62. The van der Waals surface area contributed by atoms with Gasteiger partial charge in [0.05, 0.1) is 19.6 Å². The highest BCUT2D eigenvalue weighted by Crippen LogP contribution is 2.26. The maximum atomic E-state index is 13.8. The molecule has 0 spiro atoms. The average molecular weight is 770 g/mol. The lowest BCUT2D eigenvalue weighted by molar-refractivity contribution is -0.231. The molecule has 1 rings (SSSR count). The van der Waals surface area contributed by atoms with Gasteiger partial charge in [0.1, 0.15) is 24.4 Å². The molecule has 0 aromatic heterocycles. The number of rotatable bonds is 35. The third-order valence-corrected chi connectivity index (χ3v) is 10.6. The SMILES string of the molecule is CCCCCCCCCCCCCCCCCCN(C(=O)CCCCCCCCCCC)[C@@H]1O[C@H](CO)[C@@H](O)[C@H](O)[C@@H]1NC(=O)CNC(=O)CCC(=O)O. The van der Waals surface area contributed by atoms with Gasteiger partial charge in [-0.25, -0.2) is 0 Å². The number of unbranched alkanes of at least 4 members (excludes halogenated alkanes) is 23. The molecule has 0 aromatic rings.